The molecule has 1 heterocycles. The van der Waals surface area contributed by atoms with E-state index in [0.29, 0.717) is 11.4 Å². The van der Waals surface area contributed by atoms with Crippen molar-refractivity contribution in [3.05, 3.63) is 46.2 Å². The van der Waals surface area contributed by atoms with Gasteiger partial charge in [-0.15, -0.1) is 0 Å². The lowest BCUT2D eigenvalue weighted by Gasteiger charge is -2.05. The standard InChI is InChI=1S/C12H11BrN2O2/c1-7-4-9(2-3-11(7)16)15-12(17)10-5-8(13)6-14-10/h2-6,14,16H,1H3,(H,15,17). The minimum absolute atomic E-state index is 0.214. The van der Waals surface area contributed by atoms with Crippen LogP contribution < -0.4 is 5.32 Å². The molecule has 0 aliphatic carbocycles. The first-order valence-corrected chi connectivity index (χ1v) is 5.80. The second-order valence-electron chi connectivity index (χ2n) is 3.69. The number of aryl methyl sites for hydroxylation is 1. The van der Waals surface area contributed by atoms with Gasteiger partial charge < -0.3 is 15.4 Å². The first-order chi connectivity index (χ1) is 8.06. The van der Waals surface area contributed by atoms with Crippen LogP contribution in [0.1, 0.15) is 16.1 Å². The van der Waals surface area contributed by atoms with E-state index in [1.807, 2.05) is 0 Å². The fraction of sp³-hybridized carbons (Fsp3) is 0.0833. The molecule has 1 aromatic heterocycles. The lowest BCUT2D eigenvalue weighted by atomic mass is 10.2. The third-order valence-corrected chi connectivity index (χ3v) is 2.80. The molecule has 0 saturated heterocycles. The van der Waals surface area contributed by atoms with Gasteiger partial charge in [0.1, 0.15) is 11.4 Å². The number of aromatic hydroxyl groups is 1. The molecule has 3 N–H and O–H groups in total. The molecule has 1 aromatic carbocycles. The van der Waals surface area contributed by atoms with Gasteiger partial charge in [-0.1, -0.05) is 0 Å². The molecule has 0 saturated carbocycles. The molecule has 2 aromatic rings. The van der Waals surface area contributed by atoms with Gasteiger partial charge in [-0.3, -0.25) is 4.79 Å². The number of hydrogen-bond acceptors (Lipinski definition) is 2. The zero-order valence-electron chi connectivity index (χ0n) is 9.12. The van der Waals surface area contributed by atoms with Crippen molar-refractivity contribution in [2.24, 2.45) is 0 Å². The molecular formula is C12H11BrN2O2. The summed E-state index contributed by atoms with van der Waals surface area (Å²) in [5.41, 5.74) is 1.84. The Morgan fingerprint density at radius 1 is 1.41 bits per heavy atom. The van der Waals surface area contributed by atoms with E-state index in [9.17, 15) is 9.90 Å². The topological polar surface area (TPSA) is 65.1 Å². The van der Waals surface area contributed by atoms with E-state index in [-0.39, 0.29) is 11.7 Å². The molecule has 0 bridgehead atoms. The van der Waals surface area contributed by atoms with Crippen LogP contribution in [-0.4, -0.2) is 16.0 Å². The van der Waals surface area contributed by atoms with E-state index >= 15 is 0 Å². The SMILES string of the molecule is Cc1cc(NC(=O)c2cc(Br)c[nH]2)ccc1O. The van der Waals surface area contributed by atoms with Crippen molar-refractivity contribution in [1.82, 2.24) is 4.98 Å². The maximum Gasteiger partial charge on any atom is 0.272 e. The monoisotopic (exact) mass is 294 g/mol. The van der Waals surface area contributed by atoms with Crippen molar-refractivity contribution in [1.29, 1.82) is 0 Å². The highest BCUT2D eigenvalue weighted by molar-refractivity contribution is 9.10. The number of rotatable bonds is 2. The summed E-state index contributed by atoms with van der Waals surface area (Å²) < 4.78 is 0.824. The van der Waals surface area contributed by atoms with Crippen LogP contribution in [0, 0.1) is 6.92 Å². The Kier molecular flexibility index (Phi) is 3.19. The largest absolute Gasteiger partial charge is 0.508 e. The second-order valence-corrected chi connectivity index (χ2v) is 4.60. The Morgan fingerprint density at radius 2 is 2.18 bits per heavy atom. The predicted octanol–water partition coefficient (Wildman–Crippen LogP) is 3.04. The number of halogens is 1. The van der Waals surface area contributed by atoms with Crippen molar-refractivity contribution in [2.45, 2.75) is 6.92 Å². The maximum atomic E-state index is 11.8. The van der Waals surface area contributed by atoms with Crippen LogP contribution in [0.2, 0.25) is 0 Å². The average Bonchev–Trinajstić information content (AvgIpc) is 2.70. The van der Waals surface area contributed by atoms with Crippen LogP contribution in [-0.2, 0) is 0 Å². The quantitative estimate of drug-likeness (QED) is 0.746. The van der Waals surface area contributed by atoms with Gasteiger partial charge in [0.25, 0.3) is 5.91 Å². The van der Waals surface area contributed by atoms with Gasteiger partial charge in [0.2, 0.25) is 0 Å². The number of benzene rings is 1. The fourth-order valence-corrected chi connectivity index (χ4v) is 1.77. The highest BCUT2D eigenvalue weighted by Gasteiger charge is 2.08. The molecule has 88 valence electrons. The van der Waals surface area contributed by atoms with Crippen LogP contribution in [0.4, 0.5) is 5.69 Å². The molecule has 2 rings (SSSR count). The number of carbonyl (C=O) groups is 1. The summed E-state index contributed by atoms with van der Waals surface area (Å²) in [6, 6.07) is 6.61. The van der Waals surface area contributed by atoms with Gasteiger partial charge in [-0.05, 0) is 52.7 Å². The summed E-state index contributed by atoms with van der Waals surface area (Å²) in [5.74, 6) is -0.00796. The van der Waals surface area contributed by atoms with E-state index < -0.39 is 0 Å². The van der Waals surface area contributed by atoms with E-state index in [4.69, 9.17) is 0 Å². The molecular weight excluding hydrogens is 284 g/mol. The number of nitrogens with one attached hydrogen (secondary N) is 2. The van der Waals surface area contributed by atoms with E-state index in [2.05, 4.69) is 26.2 Å². The van der Waals surface area contributed by atoms with Crippen LogP contribution in [0.25, 0.3) is 0 Å². The zero-order chi connectivity index (χ0) is 12.4. The molecule has 1 amide bonds. The number of phenols is 1. The number of H-pyrrole nitrogens is 1. The first-order valence-electron chi connectivity index (χ1n) is 5.01. The first kappa shape index (κ1) is 11.7. The second kappa shape index (κ2) is 4.63. The zero-order valence-corrected chi connectivity index (χ0v) is 10.7. The Morgan fingerprint density at radius 3 is 2.76 bits per heavy atom. The molecule has 0 fully saturated rings. The summed E-state index contributed by atoms with van der Waals surface area (Å²) >= 11 is 3.26. The van der Waals surface area contributed by atoms with Crippen LogP contribution >= 0.6 is 15.9 Å². The number of phenolic OH excluding ortho intramolecular Hbond substituents is 1. The van der Waals surface area contributed by atoms with Gasteiger partial charge in [-0.2, -0.15) is 0 Å². The lowest BCUT2D eigenvalue weighted by Crippen LogP contribution is -2.12. The smallest absolute Gasteiger partial charge is 0.272 e. The molecule has 0 atom stereocenters. The normalized spacial score (nSPS) is 10.2. The Labute approximate surface area is 107 Å². The summed E-state index contributed by atoms with van der Waals surface area (Å²) in [4.78, 5) is 14.6. The molecule has 17 heavy (non-hydrogen) atoms. The van der Waals surface area contributed by atoms with E-state index in [1.165, 1.54) is 0 Å². The number of amides is 1. The van der Waals surface area contributed by atoms with Gasteiger partial charge in [0.05, 0.1) is 0 Å². The molecule has 0 spiro atoms. The number of anilines is 1. The Balaban J connectivity index is 2.15. The molecule has 0 unspecified atom stereocenters. The van der Waals surface area contributed by atoms with Crippen LogP contribution in [0.5, 0.6) is 5.75 Å². The summed E-state index contributed by atoms with van der Waals surface area (Å²) in [5, 5.41) is 12.1. The Bertz CT molecular complexity index is 563. The third-order valence-electron chi connectivity index (χ3n) is 2.35. The maximum absolute atomic E-state index is 11.8. The number of carbonyl (C=O) groups excluding carboxylic acids is 1. The van der Waals surface area contributed by atoms with E-state index in [0.717, 1.165) is 10.0 Å². The number of aromatic nitrogens is 1. The lowest BCUT2D eigenvalue weighted by molar-refractivity contribution is 0.102. The minimum atomic E-state index is -0.221. The van der Waals surface area contributed by atoms with Gasteiger partial charge in [0.15, 0.2) is 0 Å². The molecule has 5 heteroatoms. The summed E-state index contributed by atoms with van der Waals surface area (Å²) in [6.07, 6.45) is 1.69. The molecule has 0 radical (unpaired) electrons. The van der Waals surface area contributed by atoms with Gasteiger partial charge >= 0.3 is 0 Å². The third kappa shape index (κ3) is 2.68. The molecule has 0 aliphatic heterocycles. The van der Waals surface area contributed by atoms with Crippen molar-refractivity contribution < 1.29 is 9.90 Å². The number of hydrogen-bond donors (Lipinski definition) is 3. The van der Waals surface area contributed by atoms with E-state index in [1.54, 1.807) is 37.4 Å². The predicted molar refractivity (Wildman–Crippen MR) is 69.3 cm³/mol. The highest BCUT2D eigenvalue weighted by Crippen LogP contribution is 2.20. The molecule has 4 nitrogen and oxygen atoms in total. The van der Waals surface area contributed by atoms with Crippen molar-refractivity contribution in [3.63, 3.8) is 0 Å². The Hall–Kier alpha value is -1.75. The van der Waals surface area contributed by atoms with Gasteiger partial charge in [-0.25, -0.2) is 0 Å². The minimum Gasteiger partial charge on any atom is -0.508 e. The summed E-state index contributed by atoms with van der Waals surface area (Å²) in [7, 11) is 0. The van der Waals surface area contributed by atoms with Crippen LogP contribution in [0.15, 0.2) is 34.9 Å². The van der Waals surface area contributed by atoms with Gasteiger partial charge in [0, 0.05) is 16.4 Å². The van der Waals surface area contributed by atoms with Crippen molar-refractivity contribution >= 4 is 27.5 Å². The molecule has 0 aliphatic rings. The number of aromatic amines is 1. The summed E-state index contributed by atoms with van der Waals surface area (Å²) in [6.45, 7) is 1.77. The highest BCUT2D eigenvalue weighted by atomic mass is 79.9. The fourth-order valence-electron chi connectivity index (χ4n) is 1.43. The van der Waals surface area contributed by atoms with Crippen LogP contribution in [0.3, 0.4) is 0 Å². The van der Waals surface area contributed by atoms with Crippen molar-refractivity contribution in [2.75, 3.05) is 5.32 Å². The van der Waals surface area contributed by atoms with Crippen molar-refractivity contribution in [3.8, 4) is 5.75 Å². The average molecular weight is 295 g/mol.